The molecule has 1 aliphatic heterocycles. The van der Waals surface area contributed by atoms with Gasteiger partial charge in [0.15, 0.2) is 0 Å². The molecule has 0 aromatic heterocycles. The van der Waals surface area contributed by atoms with Crippen LogP contribution in [0.4, 0.5) is 0 Å². The van der Waals surface area contributed by atoms with Crippen LogP contribution in [-0.4, -0.2) is 36.6 Å². The average molecular weight is 340 g/mol. The number of ether oxygens (including phenoxy) is 4. The fraction of sp³-hybridized carbons (Fsp3) is 0.706. The van der Waals surface area contributed by atoms with Gasteiger partial charge < -0.3 is 18.9 Å². The van der Waals surface area contributed by atoms with Crippen LogP contribution in [-0.2, 0) is 33.3 Å². The summed E-state index contributed by atoms with van der Waals surface area (Å²) >= 11 is 0. The lowest BCUT2D eigenvalue weighted by molar-refractivity contribution is -0.183. The van der Waals surface area contributed by atoms with Gasteiger partial charge in [-0.3, -0.25) is 4.79 Å². The number of esters is 3. The molecule has 0 amide bonds. The number of carbonyl (C=O) groups excluding carboxylic acids is 3. The Kier molecular flexibility index (Phi) is 6.78. The highest BCUT2D eigenvalue weighted by atomic mass is 16.7. The summed E-state index contributed by atoms with van der Waals surface area (Å²) in [6.45, 7) is 3.10. The second-order valence-electron chi connectivity index (χ2n) is 6.09. The third-order valence-electron chi connectivity index (χ3n) is 3.96. The van der Waals surface area contributed by atoms with E-state index >= 15 is 0 Å². The zero-order valence-corrected chi connectivity index (χ0v) is 14.1. The lowest BCUT2D eigenvalue weighted by Crippen LogP contribution is -2.26. The van der Waals surface area contributed by atoms with Gasteiger partial charge >= 0.3 is 17.9 Å². The summed E-state index contributed by atoms with van der Waals surface area (Å²) in [7, 11) is 0. The summed E-state index contributed by atoms with van der Waals surface area (Å²) in [5.74, 6) is -1.79. The Hall–Kier alpha value is -1.89. The monoisotopic (exact) mass is 340 g/mol. The standard InChI is InChI=1S/C17H24O7/c1-11(17(20)24-16-9-8-14(18)23-16)10-15(19)22-12(2)21-13-6-4-3-5-7-13/h10,12-13,16H,3-9H2,1-2H3. The quantitative estimate of drug-likeness (QED) is 0.417. The van der Waals surface area contributed by atoms with Crippen molar-refractivity contribution in [3.63, 3.8) is 0 Å². The molecule has 7 nitrogen and oxygen atoms in total. The van der Waals surface area contributed by atoms with Crippen LogP contribution in [0.1, 0.15) is 58.8 Å². The molecular weight excluding hydrogens is 316 g/mol. The number of hydrogen-bond acceptors (Lipinski definition) is 7. The van der Waals surface area contributed by atoms with Gasteiger partial charge in [0.2, 0.25) is 12.6 Å². The Balaban J connectivity index is 1.74. The van der Waals surface area contributed by atoms with Crippen molar-refractivity contribution < 1.29 is 33.3 Å². The third kappa shape index (κ3) is 5.96. The Morgan fingerprint density at radius 3 is 2.54 bits per heavy atom. The van der Waals surface area contributed by atoms with Crippen molar-refractivity contribution in [2.24, 2.45) is 0 Å². The SMILES string of the molecule is CC(=CC(=O)OC(C)OC1CCCCC1)C(=O)OC1CCC(=O)O1. The first-order valence-corrected chi connectivity index (χ1v) is 8.39. The summed E-state index contributed by atoms with van der Waals surface area (Å²) in [6.07, 6.45) is 5.60. The van der Waals surface area contributed by atoms with Crippen molar-refractivity contribution in [1.29, 1.82) is 0 Å². The Bertz CT molecular complexity index is 505. The second-order valence-corrected chi connectivity index (χ2v) is 6.09. The molecule has 2 atom stereocenters. The maximum Gasteiger partial charge on any atom is 0.337 e. The van der Waals surface area contributed by atoms with E-state index in [1.54, 1.807) is 6.92 Å². The topological polar surface area (TPSA) is 88.1 Å². The summed E-state index contributed by atoms with van der Waals surface area (Å²) in [4.78, 5) is 34.6. The summed E-state index contributed by atoms with van der Waals surface area (Å²) in [5.41, 5.74) is 0.0767. The molecule has 2 aliphatic rings. The van der Waals surface area contributed by atoms with E-state index in [0.29, 0.717) is 6.42 Å². The first-order valence-electron chi connectivity index (χ1n) is 8.39. The van der Waals surface area contributed by atoms with Gasteiger partial charge in [0, 0.05) is 18.1 Å². The predicted molar refractivity (Wildman–Crippen MR) is 82.5 cm³/mol. The van der Waals surface area contributed by atoms with E-state index in [-0.39, 0.29) is 18.1 Å². The number of hydrogen-bond donors (Lipinski definition) is 0. The van der Waals surface area contributed by atoms with Crippen molar-refractivity contribution in [1.82, 2.24) is 0 Å². The lowest BCUT2D eigenvalue weighted by Gasteiger charge is -2.25. The first kappa shape index (κ1) is 18.4. The summed E-state index contributed by atoms with van der Waals surface area (Å²) in [5, 5.41) is 0. The minimum Gasteiger partial charge on any atom is -0.433 e. The smallest absolute Gasteiger partial charge is 0.337 e. The van der Waals surface area contributed by atoms with Crippen LogP contribution in [0.15, 0.2) is 11.6 Å². The molecule has 2 fully saturated rings. The van der Waals surface area contributed by atoms with Crippen molar-refractivity contribution in [3.8, 4) is 0 Å². The highest BCUT2D eigenvalue weighted by Gasteiger charge is 2.27. The number of carbonyl (C=O) groups is 3. The number of cyclic esters (lactones) is 1. The highest BCUT2D eigenvalue weighted by Crippen LogP contribution is 2.22. The van der Waals surface area contributed by atoms with E-state index in [2.05, 4.69) is 0 Å². The molecule has 2 unspecified atom stereocenters. The van der Waals surface area contributed by atoms with E-state index in [0.717, 1.165) is 31.8 Å². The van der Waals surface area contributed by atoms with Crippen molar-refractivity contribution >= 4 is 17.9 Å². The van der Waals surface area contributed by atoms with Gasteiger partial charge in [0.25, 0.3) is 0 Å². The minimum absolute atomic E-state index is 0.0767. The average Bonchev–Trinajstić information content (AvgIpc) is 2.92. The summed E-state index contributed by atoms with van der Waals surface area (Å²) in [6, 6.07) is 0. The van der Waals surface area contributed by atoms with Crippen molar-refractivity contribution in [2.45, 2.75) is 77.5 Å². The molecule has 1 saturated carbocycles. The zero-order chi connectivity index (χ0) is 17.5. The van der Waals surface area contributed by atoms with Crippen molar-refractivity contribution in [2.75, 3.05) is 0 Å². The van der Waals surface area contributed by atoms with Crippen molar-refractivity contribution in [3.05, 3.63) is 11.6 Å². The fourth-order valence-corrected chi connectivity index (χ4v) is 2.73. The molecule has 2 rings (SSSR count). The Morgan fingerprint density at radius 2 is 1.92 bits per heavy atom. The lowest BCUT2D eigenvalue weighted by atomic mass is 9.98. The van der Waals surface area contributed by atoms with Crippen LogP contribution in [0, 0.1) is 0 Å². The third-order valence-corrected chi connectivity index (χ3v) is 3.96. The Labute approximate surface area is 141 Å². The van der Waals surface area contributed by atoms with Gasteiger partial charge in [-0.15, -0.1) is 0 Å². The van der Waals surface area contributed by atoms with Gasteiger partial charge in [-0.2, -0.15) is 0 Å². The molecule has 0 bridgehead atoms. The number of rotatable bonds is 6. The van der Waals surface area contributed by atoms with Crippen LogP contribution < -0.4 is 0 Å². The molecule has 1 aliphatic carbocycles. The van der Waals surface area contributed by atoms with E-state index in [1.807, 2.05) is 0 Å². The molecule has 134 valence electrons. The van der Waals surface area contributed by atoms with Crippen LogP contribution in [0.2, 0.25) is 0 Å². The molecular formula is C17H24O7. The van der Waals surface area contributed by atoms with E-state index in [4.69, 9.17) is 18.9 Å². The molecule has 1 heterocycles. The second kappa shape index (κ2) is 8.82. The summed E-state index contributed by atoms with van der Waals surface area (Å²) < 4.78 is 20.6. The molecule has 0 N–H and O–H groups in total. The van der Waals surface area contributed by atoms with Gasteiger partial charge in [-0.1, -0.05) is 19.3 Å². The van der Waals surface area contributed by atoms with Gasteiger partial charge in [0.05, 0.1) is 12.5 Å². The van der Waals surface area contributed by atoms with Gasteiger partial charge in [-0.25, -0.2) is 9.59 Å². The molecule has 0 radical (unpaired) electrons. The maximum absolute atomic E-state index is 11.8. The zero-order valence-electron chi connectivity index (χ0n) is 14.1. The molecule has 0 aromatic rings. The minimum atomic E-state index is -0.877. The maximum atomic E-state index is 11.8. The largest absolute Gasteiger partial charge is 0.433 e. The van der Waals surface area contributed by atoms with Crippen LogP contribution in [0.3, 0.4) is 0 Å². The van der Waals surface area contributed by atoms with Gasteiger partial charge in [0.1, 0.15) is 0 Å². The van der Waals surface area contributed by atoms with E-state index in [9.17, 15) is 14.4 Å². The predicted octanol–water partition coefficient (Wildman–Crippen LogP) is 2.38. The van der Waals surface area contributed by atoms with E-state index < -0.39 is 30.5 Å². The van der Waals surface area contributed by atoms with Crippen LogP contribution in [0.5, 0.6) is 0 Å². The first-order chi connectivity index (χ1) is 11.4. The fourth-order valence-electron chi connectivity index (χ4n) is 2.73. The van der Waals surface area contributed by atoms with Crippen LogP contribution >= 0.6 is 0 Å². The van der Waals surface area contributed by atoms with E-state index in [1.165, 1.54) is 13.3 Å². The molecule has 0 spiro atoms. The normalized spacial score (nSPS) is 23.5. The molecule has 1 saturated heterocycles. The molecule has 0 aromatic carbocycles. The molecule has 7 heteroatoms. The Morgan fingerprint density at radius 1 is 1.21 bits per heavy atom. The van der Waals surface area contributed by atoms with Crippen LogP contribution in [0.25, 0.3) is 0 Å². The van der Waals surface area contributed by atoms with Gasteiger partial charge in [-0.05, 0) is 26.7 Å². The highest BCUT2D eigenvalue weighted by molar-refractivity contribution is 5.96. The molecule has 24 heavy (non-hydrogen) atoms.